The maximum Gasteiger partial charge on any atom is 0.261 e. The quantitative estimate of drug-likeness (QED) is 0.137. The number of Topliss-reactive ketones (excluding diaryl/α,β-unsaturated/α-hetero) is 1. The molecule has 0 spiro atoms. The number of carbonyl (C=O) groups excluding carboxylic acids is 2. The Hall–Kier alpha value is -5.25. The van der Waals surface area contributed by atoms with Crippen LogP contribution in [0.25, 0.3) is 10.1 Å². The first-order valence-corrected chi connectivity index (χ1v) is 17.0. The number of nitrogens with two attached hydrogens (primary N) is 3. The first kappa shape index (κ1) is 32.3. The maximum absolute atomic E-state index is 14.3. The number of nitrogens with one attached hydrogen (secondary N) is 2. The Labute approximate surface area is 287 Å². The van der Waals surface area contributed by atoms with Gasteiger partial charge in [0.1, 0.15) is 35.5 Å². The fraction of sp³-hybridized carbons (Fsp3) is 0.237. The predicted molar refractivity (Wildman–Crippen MR) is 190 cm³/mol. The van der Waals surface area contributed by atoms with Crippen molar-refractivity contribution >= 4 is 38.8 Å². The molecule has 2 atom stereocenters. The van der Waals surface area contributed by atoms with E-state index in [4.69, 9.17) is 26.7 Å². The molecule has 1 fully saturated rings. The van der Waals surface area contributed by atoms with Crippen molar-refractivity contribution in [2.24, 2.45) is 11.5 Å². The molecule has 1 saturated heterocycles. The number of piperidine rings is 1. The SMILES string of the molecule is Cc1cc(Oc2cccc(COc3ccccc3C#N)c2)ccc1C1(N)C(=O)C(N)c2c(C(=O)NC3CCNCC3)sc3c(N)ccc1c23. The summed E-state index contributed by atoms with van der Waals surface area (Å²) < 4.78 is 12.8. The minimum atomic E-state index is -1.58. The van der Waals surface area contributed by atoms with E-state index in [2.05, 4.69) is 16.7 Å². The summed E-state index contributed by atoms with van der Waals surface area (Å²) in [6.45, 7) is 3.80. The summed E-state index contributed by atoms with van der Waals surface area (Å²) in [6, 6.07) is 24.6. The number of para-hydroxylation sites is 1. The molecule has 49 heavy (non-hydrogen) atoms. The second-order valence-corrected chi connectivity index (χ2v) is 13.5. The lowest BCUT2D eigenvalue weighted by Gasteiger charge is -2.37. The maximum atomic E-state index is 14.3. The third-order valence-corrected chi connectivity index (χ3v) is 10.6. The molecule has 10 nitrogen and oxygen atoms in total. The van der Waals surface area contributed by atoms with E-state index in [0.717, 1.165) is 37.1 Å². The van der Waals surface area contributed by atoms with Crippen LogP contribution in [0.3, 0.4) is 0 Å². The number of ketones is 1. The summed E-state index contributed by atoms with van der Waals surface area (Å²) >= 11 is 1.26. The zero-order valence-electron chi connectivity index (χ0n) is 26.9. The van der Waals surface area contributed by atoms with Gasteiger partial charge in [-0.05, 0) is 97.6 Å². The van der Waals surface area contributed by atoms with Crippen LogP contribution in [0.1, 0.15) is 61.9 Å². The van der Waals surface area contributed by atoms with Gasteiger partial charge in [-0.25, -0.2) is 0 Å². The summed E-state index contributed by atoms with van der Waals surface area (Å²) in [4.78, 5) is 28.3. The second kappa shape index (κ2) is 13.0. The summed E-state index contributed by atoms with van der Waals surface area (Å²) in [7, 11) is 0. The van der Waals surface area contributed by atoms with Crippen molar-refractivity contribution in [1.29, 1.82) is 5.26 Å². The molecule has 1 aliphatic carbocycles. The number of aryl methyl sites for hydroxylation is 1. The first-order chi connectivity index (χ1) is 23.7. The van der Waals surface area contributed by atoms with E-state index < -0.39 is 17.4 Å². The number of hydrogen-bond donors (Lipinski definition) is 5. The number of carbonyl (C=O) groups is 2. The Morgan fingerprint density at radius 3 is 2.57 bits per heavy atom. The molecule has 4 aromatic carbocycles. The summed E-state index contributed by atoms with van der Waals surface area (Å²) in [5.41, 5.74) is 22.9. The normalized spacial score (nSPS) is 19.0. The number of rotatable bonds is 8. The predicted octanol–water partition coefficient (Wildman–Crippen LogP) is 5.30. The van der Waals surface area contributed by atoms with Gasteiger partial charge >= 0.3 is 0 Å². The highest BCUT2D eigenvalue weighted by atomic mass is 32.1. The Morgan fingerprint density at radius 2 is 1.80 bits per heavy atom. The van der Waals surface area contributed by atoms with E-state index in [0.29, 0.717) is 60.2 Å². The number of benzene rings is 4. The molecule has 2 heterocycles. The van der Waals surface area contributed by atoms with Crippen LogP contribution in [0.4, 0.5) is 5.69 Å². The van der Waals surface area contributed by atoms with Crippen LogP contribution in [0, 0.1) is 18.3 Å². The highest BCUT2D eigenvalue weighted by molar-refractivity contribution is 7.21. The van der Waals surface area contributed by atoms with Gasteiger partial charge in [0.25, 0.3) is 5.91 Å². The Balaban J connectivity index is 1.18. The second-order valence-electron chi connectivity index (χ2n) is 12.5. The van der Waals surface area contributed by atoms with Crippen LogP contribution < -0.4 is 37.3 Å². The fourth-order valence-electron chi connectivity index (χ4n) is 6.87. The summed E-state index contributed by atoms with van der Waals surface area (Å²) in [5.74, 6) is 1.02. The molecule has 1 amide bonds. The Morgan fingerprint density at radius 1 is 1.04 bits per heavy atom. The summed E-state index contributed by atoms with van der Waals surface area (Å²) in [6.07, 6.45) is 1.65. The average Bonchev–Trinajstić information content (AvgIpc) is 3.52. The van der Waals surface area contributed by atoms with Crippen LogP contribution in [0.5, 0.6) is 17.2 Å². The summed E-state index contributed by atoms with van der Waals surface area (Å²) in [5, 5.41) is 16.5. The molecular weight excluding hydrogens is 637 g/mol. The molecule has 1 aliphatic heterocycles. The van der Waals surface area contributed by atoms with Gasteiger partial charge in [-0.15, -0.1) is 11.3 Å². The lowest BCUT2D eigenvalue weighted by atomic mass is 9.69. The van der Waals surface area contributed by atoms with Gasteiger partial charge in [-0.3, -0.25) is 9.59 Å². The number of nitrogen functional groups attached to an aromatic ring is 1. The fourth-order valence-corrected chi connectivity index (χ4v) is 8.07. The molecule has 1 aromatic heterocycles. The van der Waals surface area contributed by atoms with E-state index >= 15 is 0 Å². The zero-order chi connectivity index (χ0) is 34.3. The van der Waals surface area contributed by atoms with Crippen molar-refractivity contribution in [3.05, 3.63) is 117 Å². The Bertz CT molecular complexity index is 2150. The molecule has 248 valence electrons. The standard InChI is InChI=1S/C38H36N6O4S/c1-21-17-26(48-25-7-4-5-22(18-25)20-47-30-8-3-2-6-23(30)19-39)9-10-27(21)38(42)28-11-12-29(40)34-31(28)32(33(41)36(38)45)35(49-34)37(46)44-24-13-15-43-16-14-24/h2-12,17-18,24,33,43H,13-16,20,40-42H2,1H3,(H,44,46). The van der Waals surface area contributed by atoms with Crippen molar-refractivity contribution in [3.8, 4) is 23.3 Å². The molecule has 8 N–H and O–H groups in total. The Kier molecular flexibility index (Phi) is 8.56. The molecule has 11 heteroatoms. The van der Waals surface area contributed by atoms with Gasteiger partial charge in [0.05, 0.1) is 21.2 Å². The third-order valence-electron chi connectivity index (χ3n) is 9.35. The van der Waals surface area contributed by atoms with E-state index in [1.807, 2.05) is 43.3 Å². The topological polar surface area (TPSA) is 179 Å². The number of amides is 1. The lowest BCUT2D eigenvalue weighted by molar-refractivity contribution is -0.124. The van der Waals surface area contributed by atoms with Gasteiger partial charge in [0.2, 0.25) is 0 Å². The first-order valence-electron chi connectivity index (χ1n) is 16.1. The van der Waals surface area contributed by atoms with Crippen LogP contribution in [-0.4, -0.2) is 30.8 Å². The number of anilines is 1. The highest BCUT2D eigenvalue weighted by Crippen LogP contribution is 2.50. The van der Waals surface area contributed by atoms with E-state index in [1.165, 1.54) is 11.3 Å². The number of hydrogen-bond acceptors (Lipinski definition) is 10. The number of ether oxygens (including phenoxy) is 2. The zero-order valence-corrected chi connectivity index (χ0v) is 27.7. The molecular formula is C38H36N6O4S. The lowest BCUT2D eigenvalue weighted by Crippen LogP contribution is -2.53. The average molecular weight is 673 g/mol. The third kappa shape index (κ3) is 5.79. The van der Waals surface area contributed by atoms with E-state index in [9.17, 15) is 14.9 Å². The van der Waals surface area contributed by atoms with Crippen molar-refractivity contribution < 1.29 is 19.1 Å². The minimum Gasteiger partial charge on any atom is -0.488 e. The number of nitrogens with zero attached hydrogens (tertiary/aromatic N) is 1. The molecule has 2 unspecified atom stereocenters. The molecule has 0 bridgehead atoms. The van der Waals surface area contributed by atoms with Crippen molar-refractivity contribution in [3.63, 3.8) is 0 Å². The molecule has 7 rings (SSSR count). The van der Waals surface area contributed by atoms with Gasteiger partial charge < -0.3 is 37.3 Å². The number of thiophene rings is 1. The van der Waals surface area contributed by atoms with Crippen LogP contribution >= 0.6 is 11.3 Å². The van der Waals surface area contributed by atoms with E-state index in [-0.39, 0.29) is 18.6 Å². The molecule has 5 aromatic rings. The minimum absolute atomic E-state index is 0.0400. The van der Waals surface area contributed by atoms with Crippen LogP contribution in [0.15, 0.2) is 78.9 Å². The van der Waals surface area contributed by atoms with Gasteiger partial charge in [0.15, 0.2) is 5.78 Å². The molecule has 0 radical (unpaired) electrons. The monoisotopic (exact) mass is 672 g/mol. The highest BCUT2D eigenvalue weighted by Gasteiger charge is 2.49. The van der Waals surface area contributed by atoms with Crippen molar-refractivity contribution in [2.75, 3.05) is 18.8 Å². The molecule has 2 aliphatic rings. The van der Waals surface area contributed by atoms with Crippen LogP contribution in [0.2, 0.25) is 0 Å². The van der Waals surface area contributed by atoms with Crippen molar-refractivity contribution in [2.45, 2.75) is 44.0 Å². The largest absolute Gasteiger partial charge is 0.488 e. The van der Waals surface area contributed by atoms with Gasteiger partial charge in [-0.2, -0.15) is 5.26 Å². The van der Waals surface area contributed by atoms with Gasteiger partial charge in [0, 0.05) is 22.7 Å². The molecule has 0 saturated carbocycles. The van der Waals surface area contributed by atoms with E-state index in [1.54, 1.807) is 42.5 Å². The smallest absolute Gasteiger partial charge is 0.261 e. The number of nitriles is 1. The van der Waals surface area contributed by atoms with Crippen LogP contribution in [-0.2, 0) is 16.9 Å². The van der Waals surface area contributed by atoms with Crippen molar-refractivity contribution in [1.82, 2.24) is 10.6 Å². The van der Waals surface area contributed by atoms with Gasteiger partial charge in [-0.1, -0.05) is 36.4 Å².